The van der Waals surface area contributed by atoms with E-state index in [2.05, 4.69) is 6.92 Å². The fourth-order valence-corrected chi connectivity index (χ4v) is 3.92. The van der Waals surface area contributed by atoms with Gasteiger partial charge in [-0.3, -0.25) is 9.59 Å². The molecular formula is C26H31NO5. The highest BCUT2D eigenvalue weighted by atomic mass is 16.5. The van der Waals surface area contributed by atoms with Gasteiger partial charge in [-0.2, -0.15) is 0 Å². The summed E-state index contributed by atoms with van der Waals surface area (Å²) in [4.78, 5) is 27.3. The summed E-state index contributed by atoms with van der Waals surface area (Å²) in [7, 11) is 1.55. The number of benzene rings is 2. The van der Waals surface area contributed by atoms with Crippen molar-refractivity contribution in [3.8, 4) is 5.75 Å². The van der Waals surface area contributed by atoms with Crippen molar-refractivity contribution < 1.29 is 24.2 Å². The molecule has 0 bridgehead atoms. The molecule has 1 amide bonds. The second kappa shape index (κ2) is 11.0. The van der Waals surface area contributed by atoms with Crippen LogP contribution in [0.25, 0.3) is 5.76 Å². The predicted molar refractivity (Wildman–Crippen MR) is 124 cm³/mol. The van der Waals surface area contributed by atoms with Crippen LogP contribution in [0.2, 0.25) is 0 Å². The number of aliphatic hydroxyl groups excluding tert-OH is 1. The zero-order valence-electron chi connectivity index (χ0n) is 19.0. The van der Waals surface area contributed by atoms with E-state index in [0.29, 0.717) is 24.5 Å². The van der Waals surface area contributed by atoms with Gasteiger partial charge in [0.2, 0.25) is 0 Å². The highest BCUT2D eigenvalue weighted by Crippen LogP contribution is 2.40. The minimum atomic E-state index is -0.688. The van der Waals surface area contributed by atoms with Gasteiger partial charge in [0.05, 0.1) is 24.8 Å². The third-order valence-electron chi connectivity index (χ3n) is 5.70. The van der Waals surface area contributed by atoms with Crippen molar-refractivity contribution in [1.82, 2.24) is 4.90 Å². The standard InChI is InChI=1S/C26H31NO5/c1-4-5-8-16-32-20-13-11-19(12-14-20)24(28)22-23(21-10-7-6-9-18(21)2)27(15-17-31-3)26(30)25(22)29/h6-7,9-14,23,28H,4-5,8,15-17H2,1-3H3/b24-22-. The van der Waals surface area contributed by atoms with E-state index < -0.39 is 17.7 Å². The first-order valence-electron chi connectivity index (χ1n) is 11.1. The van der Waals surface area contributed by atoms with Crippen molar-refractivity contribution in [1.29, 1.82) is 0 Å². The van der Waals surface area contributed by atoms with E-state index in [1.54, 1.807) is 31.4 Å². The molecular weight excluding hydrogens is 406 g/mol. The lowest BCUT2D eigenvalue weighted by Crippen LogP contribution is -2.32. The topological polar surface area (TPSA) is 76.1 Å². The Morgan fingerprint density at radius 2 is 1.75 bits per heavy atom. The van der Waals surface area contributed by atoms with E-state index in [1.165, 1.54) is 4.90 Å². The molecule has 6 nitrogen and oxygen atoms in total. The summed E-state index contributed by atoms with van der Waals surface area (Å²) < 4.78 is 10.9. The summed E-state index contributed by atoms with van der Waals surface area (Å²) in [6, 6.07) is 13.9. The summed E-state index contributed by atoms with van der Waals surface area (Å²) in [6.07, 6.45) is 3.22. The largest absolute Gasteiger partial charge is 0.507 e. The molecule has 1 saturated heterocycles. The van der Waals surface area contributed by atoms with E-state index in [0.717, 1.165) is 30.4 Å². The van der Waals surface area contributed by atoms with Crippen molar-refractivity contribution in [2.45, 2.75) is 39.2 Å². The Morgan fingerprint density at radius 3 is 2.41 bits per heavy atom. The van der Waals surface area contributed by atoms with Gasteiger partial charge in [0.15, 0.2) is 0 Å². The van der Waals surface area contributed by atoms with E-state index in [4.69, 9.17) is 9.47 Å². The number of amides is 1. The molecule has 2 aromatic carbocycles. The SMILES string of the molecule is CCCCCOc1ccc(/C(O)=C2/C(=O)C(=O)N(CCOC)C2c2ccccc2C)cc1. The Balaban J connectivity index is 1.97. The molecule has 1 fully saturated rings. The monoisotopic (exact) mass is 437 g/mol. The molecule has 0 aliphatic carbocycles. The van der Waals surface area contributed by atoms with Crippen molar-refractivity contribution in [2.24, 2.45) is 0 Å². The number of aryl methyl sites for hydroxylation is 1. The van der Waals surface area contributed by atoms with E-state index >= 15 is 0 Å². The van der Waals surface area contributed by atoms with Gasteiger partial charge < -0.3 is 19.5 Å². The summed E-state index contributed by atoms with van der Waals surface area (Å²) in [5.74, 6) is -0.804. The predicted octanol–water partition coefficient (Wildman–Crippen LogP) is 4.63. The number of aliphatic hydroxyl groups is 1. The van der Waals surface area contributed by atoms with Crippen LogP contribution < -0.4 is 4.74 Å². The smallest absolute Gasteiger partial charge is 0.295 e. The number of rotatable bonds is 10. The molecule has 0 saturated carbocycles. The quantitative estimate of drug-likeness (QED) is 0.254. The molecule has 0 radical (unpaired) electrons. The van der Waals surface area contributed by atoms with Gasteiger partial charge in [-0.1, -0.05) is 44.0 Å². The first-order chi connectivity index (χ1) is 15.5. The lowest BCUT2D eigenvalue weighted by atomic mass is 9.92. The van der Waals surface area contributed by atoms with Crippen LogP contribution in [0.5, 0.6) is 5.75 Å². The molecule has 1 unspecified atom stereocenters. The van der Waals surface area contributed by atoms with Gasteiger partial charge in [0.1, 0.15) is 11.5 Å². The van der Waals surface area contributed by atoms with Crippen LogP contribution in [0.1, 0.15) is 48.9 Å². The van der Waals surface area contributed by atoms with Crippen LogP contribution in [0.4, 0.5) is 0 Å². The number of carbonyl (C=O) groups is 2. The minimum absolute atomic E-state index is 0.0945. The van der Waals surface area contributed by atoms with Crippen LogP contribution in [-0.4, -0.2) is 48.6 Å². The Morgan fingerprint density at radius 1 is 1.03 bits per heavy atom. The summed E-state index contributed by atoms with van der Waals surface area (Å²) in [5, 5.41) is 11.1. The number of unbranched alkanes of at least 4 members (excludes halogenated alkanes) is 2. The second-order valence-corrected chi connectivity index (χ2v) is 7.92. The molecule has 0 aromatic heterocycles. The minimum Gasteiger partial charge on any atom is -0.507 e. The molecule has 1 atom stereocenters. The third kappa shape index (κ3) is 5.02. The molecule has 1 N–H and O–H groups in total. The van der Waals surface area contributed by atoms with E-state index in [1.807, 2.05) is 31.2 Å². The number of ether oxygens (including phenoxy) is 2. The lowest BCUT2D eigenvalue weighted by Gasteiger charge is -2.26. The molecule has 32 heavy (non-hydrogen) atoms. The molecule has 6 heteroatoms. The van der Waals surface area contributed by atoms with Crippen molar-refractivity contribution in [3.05, 3.63) is 70.8 Å². The zero-order valence-corrected chi connectivity index (χ0v) is 19.0. The summed E-state index contributed by atoms with van der Waals surface area (Å²) in [5.41, 5.74) is 2.30. The highest BCUT2D eigenvalue weighted by molar-refractivity contribution is 6.46. The molecule has 1 heterocycles. The van der Waals surface area contributed by atoms with Crippen LogP contribution in [0, 0.1) is 6.92 Å². The first kappa shape index (κ1) is 23.5. The number of hydrogen-bond acceptors (Lipinski definition) is 5. The zero-order chi connectivity index (χ0) is 23.1. The number of methoxy groups -OCH3 is 1. The Labute approximate surface area is 189 Å². The fraction of sp³-hybridized carbons (Fsp3) is 0.385. The number of Topliss-reactive ketones (excluding diaryl/α,β-unsaturated/α-hetero) is 1. The average molecular weight is 438 g/mol. The molecule has 1 aliphatic rings. The van der Waals surface area contributed by atoms with Crippen LogP contribution in [0.3, 0.4) is 0 Å². The Kier molecular flexibility index (Phi) is 8.06. The summed E-state index contributed by atoms with van der Waals surface area (Å²) in [6.45, 7) is 5.25. The number of nitrogens with zero attached hydrogens (tertiary/aromatic N) is 1. The summed E-state index contributed by atoms with van der Waals surface area (Å²) >= 11 is 0. The second-order valence-electron chi connectivity index (χ2n) is 7.92. The molecule has 0 spiro atoms. The normalized spacial score (nSPS) is 17.7. The van der Waals surface area contributed by atoms with Crippen molar-refractivity contribution in [3.63, 3.8) is 0 Å². The molecule has 1 aliphatic heterocycles. The van der Waals surface area contributed by atoms with Gasteiger partial charge in [-0.05, 0) is 48.7 Å². The molecule has 3 rings (SSSR count). The van der Waals surface area contributed by atoms with Crippen LogP contribution >= 0.6 is 0 Å². The van der Waals surface area contributed by atoms with E-state index in [-0.39, 0.29) is 17.9 Å². The maximum Gasteiger partial charge on any atom is 0.295 e. The fourth-order valence-electron chi connectivity index (χ4n) is 3.92. The van der Waals surface area contributed by atoms with E-state index in [9.17, 15) is 14.7 Å². The van der Waals surface area contributed by atoms with Crippen molar-refractivity contribution in [2.75, 3.05) is 26.9 Å². The first-order valence-corrected chi connectivity index (χ1v) is 11.1. The average Bonchev–Trinajstić information content (AvgIpc) is 3.05. The molecule has 170 valence electrons. The van der Waals surface area contributed by atoms with Gasteiger partial charge in [-0.25, -0.2) is 0 Å². The van der Waals surface area contributed by atoms with Gasteiger partial charge in [0.25, 0.3) is 11.7 Å². The maximum atomic E-state index is 13.0. The number of hydrogen-bond donors (Lipinski definition) is 1. The molecule has 2 aromatic rings. The Hall–Kier alpha value is -3.12. The highest BCUT2D eigenvalue weighted by Gasteiger charge is 2.46. The van der Waals surface area contributed by atoms with Gasteiger partial charge in [-0.15, -0.1) is 0 Å². The number of ketones is 1. The number of likely N-dealkylation sites (tertiary alicyclic amines) is 1. The van der Waals surface area contributed by atoms with Crippen molar-refractivity contribution >= 4 is 17.4 Å². The van der Waals surface area contributed by atoms with Crippen LogP contribution in [-0.2, 0) is 14.3 Å². The maximum absolute atomic E-state index is 13.0. The van der Waals surface area contributed by atoms with Gasteiger partial charge >= 0.3 is 0 Å². The number of carbonyl (C=O) groups excluding carboxylic acids is 2. The van der Waals surface area contributed by atoms with Gasteiger partial charge in [0, 0.05) is 19.2 Å². The van der Waals surface area contributed by atoms with Crippen LogP contribution in [0.15, 0.2) is 54.1 Å². The third-order valence-corrected chi connectivity index (χ3v) is 5.70. The Bertz CT molecular complexity index is 980. The lowest BCUT2D eigenvalue weighted by molar-refractivity contribution is -0.140.